The number of carbonyl (C=O) groups is 1. The van der Waals surface area contributed by atoms with Crippen molar-refractivity contribution < 1.29 is 9.32 Å². The molecule has 8 nitrogen and oxygen atoms in total. The normalized spacial score (nSPS) is 18.7. The van der Waals surface area contributed by atoms with Crippen molar-refractivity contribution in [1.29, 1.82) is 0 Å². The number of anilines is 1. The lowest BCUT2D eigenvalue weighted by Crippen LogP contribution is -2.13. The number of unbranched alkanes of at least 4 members (excludes halogenated alkanes) is 1. The Balaban J connectivity index is 1.23. The van der Waals surface area contributed by atoms with Crippen LogP contribution in [0.25, 0.3) is 11.4 Å². The molecule has 8 heteroatoms. The third kappa shape index (κ3) is 5.77. The average Bonchev–Trinajstić information content (AvgIpc) is 3.47. The van der Waals surface area contributed by atoms with Crippen LogP contribution in [0.5, 0.6) is 0 Å². The minimum atomic E-state index is -0.120. The number of nitrogens with one attached hydrogen (secondary N) is 2. The fourth-order valence-electron chi connectivity index (χ4n) is 4.27. The number of aromatic amines is 1. The molecule has 1 saturated carbocycles. The molecular formula is C23H30N6O2. The van der Waals surface area contributed by atoms with Crippen molar-refractivity contribution in [3.63, 3.8) is 0 Å². The molecule has 3 aromatic rings. The van der Waals surface area contributed by atoms with Crippen molar-refractivity contribution in [2.75, 3.05) is 5.32 Å². The largest absolute Gasteiger partial charge is 0.339 e. The highest BCUT2D eigenvalue weighted by molar-refractivity contribution is 5.89. The number of H-pyrrole nitrogens is 1. The summed E-state index contributed by atoms with van der Waals surface area (Å²) in [6.45, 7) is 2.26. The molecule has 0 unspecified atom stereocenters. The van der Waals surface area contributed by atoms with Gasteiger partial charge < -0.3 is 9.84 Å². The molecule has 2 N–H and O–H groups in total. The minimum Gasteiger partial charge on any atom is -0.339 e. The summed E-state index contributed by atoms with van der Waals surface area (Å²) in [5.41, 5.74) is 1.96. The molecule has 1 amide bonds. The van der Waals surface area contributed by atoms with Gasteiger partial charge in [0.25, 0.3) is 0 Å². The Labute approximate surface area is 182 Å². The van der Waals surface area contributed by atoms with E-state index in [4.69, 9.17) is 4.52 Å². The summed E-state index contributed by atoms with van der Waals surface area (Å²) in [6, 6.07) is 5.60. The number of carbonyl (C=O) groups excluding carboxylic acids is 1. The second kappa shape index (κ2) is 10.3. The predicted octanol–water partition coefficient (Wildman–Crippen LogP) is 4.89. The van der Waals surface area contributed by atoms with Crippen molar-refractivity contribution in [3.05, 3.63) is 42.2 Å². The van der Waals surface area contributed by atoms with E-state index in [-0.39, 0.29) is 12.3 Å². The van der Waals surface area contributed by atoms with Crippen molar-refractivity contribution in [2.45, 2.75) is 70.6 Å². The van der Waals surface area contributed by atoms with Crippen LogP contribution in [0.2, 0.25) is 0 Å². The second-order valence-electron chi connectivity index (χ2n) is 8.36. The Morgan fingerprint density at radius 1 is 1.23 bits per heavy atom. The van der Waals surface area contributed by atoms with Crippen molar-refractivity contribution in [1.82, 2.24) is 25.3 Å². The van der Waals surface area contributed by atoms with Gasteiger partial charge in [-0.05, 0) is 43.7 Å². The molecule has 1 aliphatic carbocycles. The van der Waals surface area contributed by atoms with E-state index in [0.29, 0.717) is 29.9 Å². The molecule has 0 aliphatic heterocycles. The maximum atomic E-state index is 12.3. The molecule has 3 aromatic heterocycles. The summed E-state index contributed by atoms with van der Waals surface area (Å²) in [5, 5.41) is 14.2. The Bertz CT molecular complexity index is 959. The summed E-state index contributed by atoms with van der Waals surface area (Å²) >= 11 is 0. The van der Waals surface area contributed by atoms with Crippen LogP contribution in [-0.4, -0.2) is 31.2 Å². The fraction of sp³-hybridized carbons (Fsp3) is 0.522. The van der Waals surface area contributed by atoms with Gasteiger partial charge in [0.05, 0.1) is 0 Å². The second-order valence-corrected chi connectivity index (χ2v) is 8.36. The van der Waals surface area contributed by atoms with Crippen LogP contribution in [0, 0.1) is 5.92 Å². The van der Waals surface area contributed by atoms with Crippen molar-refractivity contribution in [3.8, 4) is 11.4 Å². The van der Waals surface area contributed by atoms with Gasteiger partial charge in [-0.15, -0.1) is 0 Å². The lowest BCUT2D eigenvalue weighted by Gasteiger charge is -2.27. The summed E-state index contributed by atoms with van der Waals surface area (Å²) < 4.78 is 5.25. The quantitative estimate of drug-likeness (QED) is 0.508. The van der Waals surface area contributed by atoms with Gasteiger partial charge in [-0.2, -0.15) is 10.1 Å². The molecule has 4 rings (SSSR count). The Hall–Kier alpha value is -3.03. The summed E-state index contributed by atoms with van der Waals surface area (Å²) in [6.07, 6.45) is 12.9. The van der Waals surface area contributed by atoms with Gasteiger partial charge in [0.1, 0.15) is 0 Å². The van der Waals surface area contributed by atoms with Crippen LogP contribution in [0.4, 0.5) is 5.82 Å². The van der Waals surface area contributed by atoms with E-state index in [9.17, 15) is 4.79 Å². The average molecular weight is 423 g/mol. The lowest BCUT2D eigenvalue weighted by atomic mass is 9.78. The lowest BCUT2D eigenvalue weighted by molar-refractivity contribution is -0.116. The van der Waals surface area contributed by atoms with Crippen LogP contribution in [0.1, 0.15) is 75.8 Å². The maximum Gasteiger partial charge on any atom is 0.227 e. The molecule has 0 bridgehead atoms. The molecule has 0 saturated heterocycles. The summed E-state index contributed by atoms with van der Waals surface area (Å²) in [5.74, 6) is 2.79. The number of hydrogen-bond acceptors (Lipinski definition) is 6. The van der Waals surface area contributed by atoms with Gasteiger partial charge in [-0.25, -0.2) is 0 Å². The smallest absolute Gasteiger partial charge is 0.227 e. The monoisotopic (exact) mass is 422 g/mol. The number of pyridine rings is 1. The molecule has 164 valence electrons. The highest BCUT2D eigenvalue weighted by Crippen LogP contribution is 2.37. The zero-order valence-electron chi connectivity index (χ0n) is 18.0. The Morgan fingerprint density at radius 3 is 2.81 bits per heavy atom. The van der Waals surface area contributed by atoms with Gasteiger partial charge >= 0.3 is 0 Å². The molecule has 3 heterocycles. The van der Waals surface area contributed by atoms with E-state index in [2.05, 4.69) is 37.6 Å². The molecule has 1 fully saturated rings. The summed E-state index contributed by atoms with van der Waals surface area (Å²) in [4.78, 5) is 20.6. The van der Waals surface area contributed by atoms with Crippen LogP contribution in [-0.2, 0) is 11.2 Å². The van der Waals surface area contributed by atoms with Crippen molar-refractivity contribution in [2.24, 2.45) is 5.92 Å². The number of aryl methyl sites for hydroxylation is 1. The molecule has 0 aromatic carbocycles. The molecule has 31 heavy (non-hydrogen) atoms. The van der Waals surface area contributed by atoms with Gasteiger partial charge in [-0.3, -0.25) is 14.9 Å². The molecule has 0 radical (unpaired) electrons. The van der Waals surface area contributed by atoms with Gasteiger partial charge in [-0.1, -0.05) is 31.3 Å². The first kappa shape index (κ1) is 21.2. The molecular weight excluding hydrogens is 392 g/mol. The standard InChI is InChI=1S/C23H30N6O2/c1-2-3-4-16-5-7-17(8-6-16)19-15-20(28-27-19)25-21(30)9-10-22-26-23(29-31-22)18-11-13-24-14-12-18/h11-17H,2-10H2,1H3,(H2,25,27,28,30). The highest BCUT2D eigenvalue weighted by atomic mass is 16.5. The molecule has 1 aliphatic rings. The first-order valence-electron chi connectivity index (χ1n) is 11.3. The van der Waals surface area contributed by atoms with Gasteiger partial charge in [0, 0.05) is 48.5 Å². The van der Waals surface area contributed by atoms with Crippen LogP contribution in [0.15, 0.2) is 35.1 Å². The first-order chi connectivity index (χ1) is 15.2. The number of amides is 1. The van der Waals surface area contributed by atoms with E-state index in [1.807, 2.05) is 18.2 Å². The van der Waals surface area contributed by atoms with E-state index in [1.165, 1.54) is 44.9 Å². The number of rotatable bonds is 9. The third-order valence-corrected chi connectivity index (χ3v) is 6.09. The number of nitrogens with zero attached hydrogens (tertiary/aromatic N) is 4. The first-order valence-corrected chi connectivity index (χ1v) is 11.3. The zero-order chi connectivity index (χ0) is 21.5. The van der Waals surface area contributed by atoms with E-state index < -0.39 is 0 Å². The molecule has 0 atom stereocenters. The SMILES string of the molecule is CCCCC1CCC(c2cc(NC(=O)CCc3nc(-c4ccncc4)no3)n[nH]2)CC1. The van der Waals surface area contributed by atoms with Gasteiger partial charge in [0.2, 0.25) is 17.6 Å². The van der Waals surface area contributed by atoms with Crippen LogP contribution >= 0.6 is 0 Å². The number of hydrogen-bond donors (Lipinski definition) is 2. The van der Waals surface area contributed by atoms with E-state index in [0.717, 1.165) is 17.2 Å². The zero-order valence-corrected chi connectivity index (χ0v) is 18.0. The van der Waals surface area contributed by atoms with Crippen LogP contribution < -0.4 is 5.32 Å². The van der Waals surface area contributed by atoms with E-state index in [1.54, 1.807) is 12.4 Å². The third-order valence-electron chi connectivity index (χ3n) is 6.09. The van der Waals surface area contributed by atoms with Crippen LogP contribution in [0.3, 0.4) is 0 Å². The Morgan fingerprint density at radius 2 is 2.03 bits per heavy atom. The fourth-order valence-corrected chi connectivity index (χ4v) is 4.27. The maximum absolute atomic E-state index is 12.3. The Kier molecular flexibility index (Phi) is 7.07. The van der Waals surface area contributed by atoms with Crippen molar-refractivity contribution >= 4 is 11.7 Å². The highest BCUT2D eigenvalue weighted by Gasteiger charge is 2.23. The minimum absolute atomic E-state index is 0.120. The topological polar surface area (TPSA) is 110 Å². The predicted molar refractivity (Wildman–Crippen MR) is 117 cm³/mol. The summed E-state index contributed by atoms with van der Waals surface area (Å²) in [7, 11) is 0. The van der Waals surface area contributed by atoms with Gasteiger partial charge in [0.15, 0.2) is 5.82 Å². The number of aromatic nitrogens is 5. The van der Waals surface area contributed by atoms with E-state index >= 15 is 0 Å². The molecule has 0 spiro atoms.